The Labute approximate surface area is 158 Å². The summed E-state index contributed by atoms with van der Waals surface area (Å²) in [6.07, 6.45) is 0. The maximum absolute atomic E-state index is 12.5. The minimum atomic E-state index is -0.217. The Morgan fingerprint density at radius 3 is 2.11 bits per heavy atom. The summed E-state index contributed by atoms with van der Waals surface area (Å²) in [7, 11) is 1.92. The van der Waals surface area contributed by atoms with Crippen molar-refractivity contribution in [3.8, 4) is 0 Å². The van der Waals surface area contributed by atoms with Gasteiger partial charge in [0.25, 0.3) is 11.8 Å². The molecule has 140 valence electrons. The number of ether oxygens (including phenoxy) is 1. The minimum absolute atomic E-state index is 0.217. The summed E-state index contributed by atoms with van der Waals surface area (Å²) >= 11 is 0. The van der Waals surface area contributed by atoms with Crippen molar-refractivity contribution in [3.63, 3.8) is 0 Å². The molecular formula is C21H23N3O3. The molecule has 6 heteroatoms. The molecule has 0 saturated carbocycles. The SMILES string of the molecule is CN(Cc1ccc(N2CCOCC2)cc1)CN1C(=O)c2ccccc2C1=O. The highest BCUT2D eigenvalue weighted by molar-refractivity contribution is 6.21. The van der Waals surface area contributed by atoms with E-state index < -0.39 is 0 Å². The molecule has 0 atom stereocenters. The third kappa shape index (κ3) is 3.59. The van der Waals surface area contributed by atoms with E-state index in [-0.39, 0.29) is 18.5 Å². The van der Waals surface area contributed by atoms with Crippen LogP contribution in [0.25, 0.3) is 0 Å². The molecule has 2 aliphatic rings. The molecule has 2 amide bonds. The fourth-order valence-electron chi connectivity index (χ4n) is 3.60. The largest absolute Gasteiger partial charge is 0.378 e. The summed E-state index contributed by atoms with van der Waals surface area (Å²) < 4.78 is 5.39. The summed E-state index contributed by atoms with van der Waals surface area (Å²) in [5.74, 6) is -0.435. The summed E-state index contributed by atoms with van der Waals surface area (Å²) in [6, 6.07) is 15.4. The highest BCUT2D eigenvalue weighted by atomic mass is 16.5. The molecule has 0 N–H and O–H groups in total. The number of benzene rings is 2. The molecule has 0 aromatic heterocycles. The number of nitrogens with zero attached hydrogens (tertiary/aromatic N) is 3. The Balaban J connectivity index is 1.38. The summed E-state index contributed by atoms with van der Waals surface area (Å²) in [4.78, 5) is 30.6. The van der Waals surface area contributed by atoms with Crippen molar-refractivity contribution < 1.29 is 14.3 Å². The number of fused-ring (bicyclic) bond motifs is 1. The van der Waals surface area contributed by atoms with E-state index in [9.17, 15) is 9.59 Å². The number of carbonyl (C=O) groups is 2. The average Bonchev–Trinajstić information content (AvgIpc) is 2.94. The molecule has 1 fully saturated rings. The molecule has 27 heavy (non-hydrogen) atoms. The van der Waals surface area contributed by atoms with Gasteiger partial charge in [-0.05, 0) is 36.9 Å². The molecule has 1 saturated heterocycles. The molecular weight excluding hydrogens is 342 g/mol. The first-order valence-corrected chi connectivity index (χ1v) is 9.19. The third-order valence-corrected chi connectivity index (χ3v) is 5.03. The number of carbonyl (C=O) groups excluding carboxylic acids is 2. The lowest BCUT2D eigenvalue weighted by atomic mass is 10.1. The first-order valence-electron chi connectivity index (χ1n) is 9.19. The molecule has 0 bridgehead atoms. The van der Waals surface area contributed by atoms with Gasteiger partial charge in [0.2, 0.25) is 0 Å². The molecule has 2 aromatic rings. The van der Waals surface area contributed by atoms with E-state index in [0.717, 1.165) is 31.9 Å². The van der Waals surface area contributed by atoms with Crippen LogP contribution in [0.3, 0.4) is 0 Å². The predicted molar refractivity (Wildman–Crippen MR) is 103 cm³/mol. The lowest BCUT2D eigenvalue weighted by Gasteiger charge is -2.29. The van der Waals surface area contributed by atoms with Crippen LogP contribution in [0.1, 0.15) is 26.3 Å². The summed E-state index contributed by atoms with van der Waals surface area (Å²) in [6.45, 7) is 4.31. The minimum Gasteiger partial charge on any atom is -0.378 e. The molecule has 4 rings (SSSR count). The van der Waals surface area contributed by atoms with E-state index in [1.807, 2.05) is 11.9 Å². The standard InChI is InChI=1S/C21H23N3O3/c1-22(15-24-20(25)18-4-2-3-5-19(18)21(24)26)14-16-6-8-17(9-7-16)23-10-12-27-13-11-23/h2-9H,10-15H2,1H3. The first kappa shape index (κ1) is 17.7. The van der Waals surface area contributed by atoms with Crippen LogP contribution in [0, 0.1) is 0 Å². The molecule has 0 radical (unpaired) electrons. The summed E-state index contributed by atoms with van der Waals surface area (Å²) in [5.41, 5.74) is 3.33. The summed E-state index contributed by atoms with van der Waals surface area (Å²) in [5, 5.41) is 0. The van der Waals surface area contributed by atoms with Gasteiger partial charge in [0.15, 0.2) is 0 Å². The van der Waals surface area contributed by atoms with E-state index >= 15 is 0 Å². The molecule has 2 aromatic carbocycles. The maximum atomic E-state index is 12.5. The van der Waals surface area contributed by atoms with Crippen molar-refractivity contribution in [1.29, 1.82) is 0 Å². The van der Waals surface area contributed by atoms with Gasteiger partial charge >= 0.3 is 0 Å². The van der Waals surface area contributed by atoms with Crippen LogP contribution in [0.5, 0.6) is 0 Å². The number of amides is 2. The molecule has 2 heterocycles. The lowest BCUT2D eigenvalue weighted by Crippen LogP contribution is -2.39. The number of hydrogen-bond donors (Lipinski definition) is 0. The normalized spacial score (nSPS) is 17.0. The number of anilines is 1. The number of morpholine rings is 1. The van der Waals surface area contributed by atoms with E-state index in [1.54, 1.807) is 24.3 Å². The van der Waals surface area contributed by atoms with Crippen LogP contribution < -0.4 is 4.90 Å². The second-order valence-corrected chi connectivity index (χ2v) is 7.01. The van der Waals surface area contributed by atoms with Crippen LogP contribution in [-0.2, 0) is 11.3 Å². The van der Waals surface area contributed by atoms with Gasteiger partial charge in [-0.15, -0.1) is 0 Å². The highest BCUT2D eigenvalue weighted by Crippen LogP contribution is 2.23. The number of imide groups is 1. The van der Waals surface area contributed by atoms with Gasteiger partial charge in [-0.25, -0.2) is 0 Å². The maximum Gasteiger partial charge on any atom is 0.262 e. The Kier molecular flexibility index (Phi) is 4.92. The van der Waals surface area contributed by atoms with Crippen LogP contribution in [0.4, 0.5) is 5.69 Å². The zero-order valence-electron chi connectivity index (χ0n) is 15.4. The fourth-order valence-corrected chi connectivity index (χ4v) is 3.60. The molecule has 6 nitrogen and oxygen atoms in total. The van der Waals surface area contributed by atoms with Gasteiger partial charge in [-0.2, -0.15) is 0 Å². The van der Waals surface area contributed by atoms with Crippen molar-refractivity contribution in [2.75, 3.05) is 44.9 Å². The van der Waals surface area contributed by atoms with Gasteiger partial charge < -0.3 is 9.64 Å². The van der Waals surface area contributed by atoms with Crippen molar-refractivity contribution in [1.82, 2.24) is 9.80 Å². The zero-order chi connectivity index (χ0) is 18.8. The van der Waals surface area contributed by atoms with Gasteiger partial charge in [-0.3, -0.25) is 19.4 Å². The Morgan fingerprint density at radius 1 is 0.926 bits per heavy atom. The van der Waals surface area contributed by atoms with E-state index in [0.29, 0.717) is 17.7 Å². The van der Waals surface area contributed by atoms with Gasteiger partial charge in [0.05, 0.1) is 31.0 Å². The van der Waals surface area contributed by atoms with Gasteiger partial charge in [-0.1, -0.05) is 24.3 Å². The predicted octanol–water partition coefficient (Wildman–Crippen LogP) is 2.21. The molecule has 0 unspecified atom stereocenters. The Bertz CT molecular complexity index is 809. The van der Waals surface area contributed by atoms with Crippen LogP contribution in [0.2, 0.25) is 0 Å². The van der Waals surface area contributed by atoms with Crippen molar-refractivity contribution >= 4 is 17.5 Å². The van der Waals surface area contributed by atoms with Crippen molar-refractivity contribution in [2.45, 2.75) is 6.54 Å². The smallest absolute Gasteiger partial charge is 0.262 e. The molecule has 0 aliphatic carbocycles. The van der Waals surface area contributed by atoms with Gasteiger partial charge in [0, 0.05) is 25.3 Å². The Morgan fingerprint density at radius 2 is 1.52 bits per heavy atom. The van der Waals surface area contributed by atoms with Crippen LogP contribution in [-0.4, -0.2) is 61.6 Å². The zero-order valence-corrected chi connectivity index (χ0v) is 15.4. The lowest BCUT2D eigenvalue weighted by molar-refractivity contribution is 0.0559. The topological polar surface area (TPSA) is 53.1 Å². The van der Waals surface area contributed by atoms with Crippen molar-refractivity contribution in [3.05, 3.63) is 65.2 Å². The third-order valence-electron chi connectivity index (χ3n) is 5.03. The van der Waals surface area contributed by atoms with Gasteiger partial charge in [0.1, 0.15) is 0 Å². The van der Waals surface area contributed by atoms with E-state index in [1.165, 1.54) is 10.6 Å². The second kappa shape index (κ2) is 7.50. The number of rotatable bonds is 5. The van der Waals surface area contributed by atoms with E-state index in [2.05, 4.69) is 29.2 Å². The number of hydrogen-bond acceptors (Lipinski definition) is 5. The average molecular weight is 365 g/mol. The van der Waals surface area contributed by atoms with Crippen LogP contribution in [0.15, 0.2) is 48.5 Å². The van der Waals surface area contributed by atoms with Crippen molar-refractivity contribution in [2.24, 2.45) is 0 Å². The molecule has 2 aliphatic heterocycles. The molecule has 0 spiro atoms. The Hall–Kier alpha value is -2.70. The fraction of sp³-hybridized carbons (Fsp3) is 0.333. The highest BCUT2D eigenvalue weighted by Gasteiger charge is 2.35. The van der Waals surface area contributed by atoms with Crippen LogP contribution >= 0.6 is 0 Å². The van der Waals surface area contributed by atoms with E-state index in [4.69, 9.17) is 4.74 Å². The second-order valence-electron chi connectivity index (χ2n) is 7.01. The first-order chi connectivity index (χ1) is 13.1. The monoisotopic (exact) mass is 365 g/mol. The quantitative estimate of drug-likeness (QED) is 0.761.